The summed E-state index contributed by atoms with van der Waals surface area (Å²) in [4.78, 5) is 4.33. The van der Waals surface area contributed by atoms with Gasteiger partial charge in [-0.25, -0.2) is 4.98 Å². The zero-order chi connectivity index (χ0) is 13.1. The second kappa shape index (κ2) is 6.06. The highest BCUT2D eigenvalue weighted by molar-refractivity contribution is 5.10. The van der Waals surface area contributed by atoms with Crippen molar-refractivity contribution in [3.05, 3.63) is 18.2 Å². The maximum absolute atomic E-state index is 6.01. The Morgan fingerprint density at radius 2 is 1.95 bits per heavy atom. The smallest absolute Gasteiger partial charge is 0.0951 e. The van der Waals surface area contributed by atoms with Crippen LogP contribution in [-0.4, -0.2) is 22.1 Å². The van der Waals surface area contributed by atoms with Crippen molar-refractivity contribution in [1.82, 2.24) is 14.9 Å². The average molecular weight is 262 g/mol. The van der Waals surface area contributed by atoms with Crippen molar-refractivity contribution in [2.45, 2.75) is 69.5 Å². The van der Waals surface area contributed by atoms with Crippen molar-refractivity contribution < 1.29 is 0 Å². The Bertz CT molecular complexity index is 389. The number of aromatic nitrogens is 2. The van der Waals surface area contributed by atoms with E-state index in [4.69, 9.17) is 5.73 Å². The van der Waals surface area contributed by atoms with Crippen molar-refractivity contribution in [2.24, 2.45) is 5.73 Å². The summed E-state index contributed by atoms with van der Waals surface area (Å²) in [7, 11) is 0. The molecule has 2 aliphatic carbocycles. The zero-order valence-corrected chi connectivity index (χ0v) is 11.7. The van der Waals surface area contributed by atoms with E-state index >= 15 is 0 Å². The average Bonchev–Trinajstić information content (AvgIpc) is 3.21. The third-order valence-corrected chi connectivity index (χ3v) is 4.52. The lowest BCUT2D eigenvalue weighted by atomic mass is 10.1. The molecule has 0 saturated heterocycles. The number of rotatable bonds is 5. The highest BCUT2D eigenvalue weighted by Gasteiger charge is 2.28. The van der Waals surface area contributed by atoms with Gasteiger partial charge >= 0.3 is 0 Å². The fourth-order valence-electron chi connectivity index (χ4n) is 3.25. The SMILES string of the molecule is NCC(NC1CCCCCC1)c1cncn1C1CC1. The van der Waals surface area contributed by atoms with Crippen LogP contribution in [0.1, 0.15) is 69.1 Å². The number of hydrogen-bond donors (Lipinski definition) is 2. The lowest BCUT2D eigenvalue weighted by Crippen LogP contribution is -2.37. The first kappa shape index (κ1) is 13.1. The molecule has 3 rings (SSSR count). The summed E-state index contributed by atoms with van der Waals surface area (Å²) in [5.41, 5.74) is 7.29. The van der Waals surface area contributed by atoms with Crippen molar-refractivity contribution >= 4 is 0 Å². The van der Waals surface area contributed by atoms with E-state index in [1.165, 1.54) is 57.1 Å². The Hall–Kier alpha value is -0.870. The summed E-state index contributed by atoms with van der Waals surface area (Å²) in [6, 6.07) is 1.59. The fourth-order valence-corrected chi connectivity index (χ4v) is 3.25. The third kappa shape index (κ3) is 3.18. The Balaban J connectivity index is 1.67. The molecule has 106 valence electrons. The van der Waals surface area contributed by atoms with Gasteiger partial charge in [-0.2, -0.15) is 0 Å². The first-order valence-corrected chi connectivity index (χ1v) is 7.86. The monoisotopic (exact) mass is 262 g/mol. The van der Waals surface area contributed by atoms with Crippen LogP contribution in [0.4, 0.5) is 0 Å². The first-order valence-electron chi connectivity index (χ1n) is 7.86. The molecule has 1 aromatic heterocycles. The van der Waals surface area contributed by atoms with Gasteiger partial charge in [-0.1, -0.05) is 25.7 Å². The van der Waals surface area contributed by atoms with Gasteiger partial charge in [0.1, 0.15) is 0 Å². The van der Waals surface area contributed by atoms with E-state index in [0.717, 1.165) is 0 Å². The molecular formula is C15H26N4. The molecule has 1 aromatic rings. The number of nitrogens with one attached hydrogen (secondary N) is 1. The molecule has 3 N–H and O–H groups in total. The van der Waals surface area contributed by atoms with E-state index in [2.05, 4.69) is 14.9 Å². The van der Waals surface area contributed by atoms with Gasteiger partial charge in [0.2, 0.25) is 0 Å². The Kier molecular flexibility index (Phi) is 4.18. The predicted octanol–water partition coefficient (Wildman–Crippen LogP) is 2.53. The highest BCUT2D eigenvalue weighted by Crippen LogP contribution is 2.37. The lowest BCUT2D eigenvalue weighted by molar-refractivity contribution is 0.389. The van der Waals surface area contributed by atoms with Crippen molar-refractivity contribution in [1.29, 1.82) is 0 Å². The molecule has 0 bridgehead atoms. The van der Waals surface area contributed by atoms with E-state index < -0.39 is 0 Å². The number of imidazole rings is 1. The van der Waals surface area contributed by atoms with Crippen LogP contribution >= 0.6 is 0 Å². The van der Waals surface area contributed by atoms with Crippen LogP contribution in [-0.2, 0) is 0 Å². The maximum atomic E-state index is 6.01. The van der Waals surface area contributed by atoms with E-state index in [1.54, 1.807) is 0 Å². The van der Waals surface area contributed by atoms with Crippen molar-refractivity contribution in [3.8, 4) is 0 Å². The van der Waals surface area contributed by atoms with Crippen LogP contribution in [0, 0.1) is 0 Å². The maximum Gasteiger partial charge on any atom is 0.0951 e. The topological polar surface area (TPSA) is 55.9 Å². The number of nitrogens with zero attached hydrogens (tertiary/aromatic N) is 2. The Labute approximate surface area is 115 Å². The second-order valence-electron chi connectivity index (χ2n) is 6.10. The molecular weight excluding hydrogens is 236 g/mol. The molecule has 19 heavy (non-hydrogen) atoms. The van der Waals surface area contributed by atoms with Gasteiger partial charge in [0.15, 0.2) is 0 Å². The molecule has 4 heteroatoms. The minimum absolute atomic E-state index is 0.270. The van der Waals surface area contributed by atoms with Crippen LogP contribution in [0.2, 0.25) is 0 Å². The molecule has 0 amide bonds. The van der Waals surface area contributed by atoms with Gasteiger partial charge in [-0.15, -0.1) is 0 Å². The predicted molar refractivity (Wildman–Crippen MR) is 76.9 cm³/mol. The standard InChI is InChI=1S/C15H26N4/c16-9-14(18-12-5-3-1-2-4-6-12)15-10-17-11-19(15)13-7-8-13/h10-14,18H,1-9,16H2. The largest absolute Gasteiger partial charge is 0.330 e. The van der Waals surface area contributed by atoms with Crippen LogP contribution in [0.25, 0.3) is 0 Å². The number of hydrogen-bond acceptors (Lipinski definition) is 3. The quantitative estimate of drug-likeness (QED) is 0.802. The van der Waals surface area contributed by atoms with E-state index in [-0.39, 0.29) is 6.04 Å². The summed E-state index contributed by atoms with van der Waals surface area (Å²) in [6.07, 6.45) is 14.7. The molecule has 1 unspecified atom stereocenters. The van der Waals surface area contributed by atoms with Gasteiger partial charge in [-0.3, -0.25) is 0 Å². The highest BCUT2D eigenvalue weighted by atomic mass is 15.1. The number of nitrogens with two attached hydrogens (primary N) is 1. The summed E-state index contributed by atoms with van der Waals surface area (Å²) >= 11 is 0. The third-order valence-electron chi connectivity index (χ3n) is 4.52. The minimum Gasteiger partial charge on any atom is -0.330 e. The van der Waals surface area contributed by atoms with Gasteiger partial charge in [0.25, 0.3) is 0 Å². The lowest BCUT2D eigenvalue weighted by Gasteiger charge is -2.25. The van der Waals surface area contributed by atoms with Crippen LogP contribution < -0.4 is 11.1 Å². The van der Waals surface area contributed by atoms with Crippen LogP contribution in [0.15, 0.2) is 12.5 Å². The van der Waals surface area contributed by atoms with Gasteiger partial charge in [0, 0.05) is 24.8 Å². The first-order chi connectivity index (χ1) is 9.38. The molecule has 0 radical (unpaired) electrons. The second-order valence-corrected chi connectivity index (χ2v) is 6.10. The Morgan fingerprint density at radius 1 is 1.21 bits per heavy atom. The fraction of sp³-hybridized carbons (Fsp3) is 0.800. The van der Waals surface area contributed by atoms with Gasteiger partial charge in [0.05, 0.1) is 18.1 Å². The molecule has 1 heterocycles. The molecule has 0 spiro atoms. The molecule has 0 aromatic carbocycles. The summed E-state index contributed by atoms with van der Waals surface area (Å²) in [6.45, 7) is 0.662. The van der Waals surface area contributed by atoms with Gasteiger partial charge < -0.3 is 15.6 Å². The molecule has 0 aliphatic heterocycles. The molecule has 2 fully saturated rings. The Morgan fingerprint density at radius 3 is 2.58 bits per heavy atom. The van der Waals surface area contributed by atoms with Gasteiger partial charge in [-0.05, 0) is 25.7 Å². The summed E-state index contributed by atoms with van der Waals surface area (Å²) in [5, 5.41) is 3.79. The van der Waals surface area contributed by atoms with Crippen molar-refractivity contribution in [3.63, 3.8) is 0 Å². The van der Waals surface area contributed by atoms with E-state index in [9.17, 15) is 0 Å². The van der Waals surface area contributed by atoms with Crippen LogP contribution in [0.3, 0.4) is 0 Å². The molecule has 4 nitrogen and oxygen atoms in total. The van der Waals surface area contributed by atoms with E-state index in [0.29, 0.717) is 18.6 Å². The summed E-state index contributed by atoms with van der Waals surface area (Å²) in [5.74, 6) is 0. The normalized spacial score (nSPS) is 23.2. The molecule has 2 saturated carbocycles. The summed E-state index contributed by atoms with van der Waals surface area (Å²) < 4.78 is 2.33. The van der Waals surface area contributed by atoms with Crippen LogP contribution in [0.5, 0.6) is 0 Å². The zero-order valence-electron chi connectivity index (χ0n) is 11.7. The molecule has 1 atom stereocenters. The van der Waals surface area contributed by atoms with Crippen molar-refractivity contribution in [2.75, 3.05) is 6.54 Å². The van der Waals surface area contributed by atoms with E-state index in [1.807, 2.05) is 12.5 Å². The molecule has 2 aliphatic rings. The minimum atomic E-state index is 0.270.